The Labute approximate surface area is 86.4 Å². The van der Waals surface area contributed by atoms with Gasteiger partial charge in [0.05, 0.1) is 13.1 Å². The van der Waals surface area contributed by atoms with Crippen LogP contribution in [0.3, 0.4) is 0 Å². The van der Waals surface area contributed by atoms with Crippen LogP contribution in [-0.4, -0.2) is 32.1 Å². The van der Waals surface area contributed by atoms with Crippen LogP contribution in [0.2, 0.25) is 0 Å². The molecule has 0 aliphatic carbocycles. The number of hydrogen-bond acceptors (Lipinski definition) is 0. The van der Waals surface area contributed by atoms with Crippen molar-refractivity contribution in [2.75, 3.05) is 26.2 Å². The summed E-state index contributed by atoms with van der Waals surface area (Å²) in [4.78, 5) is 4.67. The van der Waals surface area contributed by atoms with Crippen molar-refractivity contribution in [3.63, 3.8) is 0 Å². The van der Waals surface area contributed by atoms with E-state index < -0.39 is 0 Å². The summed E-state index contributed by atoms with van der Waals surface area (Å²) in [6.07, 6.45) is 6.98. The van der Waals surface area contributed by atoms with Gasteiger partial charge in [-0.05, 0) is 25.7 Å². The summed E-state index contributed by atoms with van der Waals surface area (Å²) in [5.41, 5.74) is 10.7. The van der Waals surface area contributed by atoms with Gasteiger partial charge in [0.25, 0.3) is 0 Å². The largest absolute Gasteiger partial charge is 0.338 e. The number of likely N-dealkylation sites (tertiary alicyclic amines) is 1. The molecule has 0 aromatic heterocycles. The molecule has 1 aliphatic rings. The molecular weight excluding hydrogens is 176 g/mol. The Hall–Kier alpha value is -0.770. The average molecular weight is 200 g/mol. The second-order valence-electron chi connectivity index (χ2n) is 4.15. The molecule has 14 heavy (non-hydrogen) atoms. The van der Waals surface area contributed by atoms with Gasteiger partial charge in [-0.3, -0.25) is 16.5 Å². The predicted octanol–water partition coefficient (Wildman–Crippen LogP) is -2.81. The number of nitrogens with two attached hydrogens (primary N) is 2. The minimum absolute atomic E-state index is 0.344. The van der Waals surface area contributed by atoms with Crippen molar-refractivity contribution in [2.45, 2.75) is 32.1 Å². The van der Waals surface area contributed by atoms with Gasteiger partial charge in [0, 0.05) is 0 Å². The molecule has 6 N–H and O–H groups in total. The molecule has 0 radical (unpaired) electrons. The van der Waals surface area contributed by atoms with E-state index in [0.717, 1.165) is 13.1 Å². The van der Waals surface area contributed by atoms with E-state index in [1.54, 1.807) is 4.90 Å². The van der Waals surface area contributed by atoms with Crippen LogP contribution in [-0.2, 0) is 0 Å². The third kappa shape index (κ3) is 5.07. The fourth-order valence-electron chi connectivity index (χ4n) is 2.04. The van der Waals surface area contributed by atoms with Gasteiger partial charge in [0.2, 0.25) is 0 Å². The van der Waals surface area contributed by atoms with E-state index in [4.69, 9.17) is 11.5 Å². The summed E-state index contributed by atoms with van der Waals surface area (Å²) in [6, 6.07) is 0. The lowest BCUT2D eigenvalue weighted by atomic mass is 10.1. The molecule has 1 rings (SSSR count). The van der Waals surface area contributed by atoms with Crippen LogP contribution in [0.1, 0.15) is 32.1 Å². The van der Waals surface area contributed by atoms with Gasteiger partial charge in [-0.1, -0.05) is 6.42 Å². The smallest absolute Gasteiger partial charge is 0.332 e. The molecule has 0 aromatic carbocycles. The SMILES string of the molecule is NC(N)=[NH+]CC[NH+]1CCCCCCC1. The summed E-state index contributed by atoms with van der Waals surface area (Å²) < 4.78 is 0. The predicted molar refractivity (Wildman–Crippen MR) is 57.9 cm³/mol. The second kappa shape index (κ2) is 6.65. The van der Waals surface area contributed by atoms with Gasteiger partial charge in [-0.15, -0.1) is 0 Å². The zero-order valence-electron chi connectivity index (χ0n) is 9.02. The van der Waals surface area contributed by atoms with Crippen LogP contribution in [0.25, 0.3) is 0 Å². The van der Waals surface area contributed by atoms with Crippen molar-refractivity contribution in [3.05, 3.63) is 0 Å². The molecule has 0 unspecified atom stereocenters. The van der Waals surface area contributed by atoms with Gasteiger partial charge >= 0.3 is 5.96 Å². The van der Waals surface area contributed by atoms with Crippen LogP contribution < -0.4 is 21.4 Å². The molecule has 0 atom stereocenters. The van der Waals surface area contributed by atoms with E-state index in [0.29, 0.717) is 5.96 Å². The number of rotatable bonds is 3. The molecule has 1 saturated heterocycles. The summed E-state index contributed by atoms with van der Waals surface area (Å²) in [7, 11) is 0. The topological polar surface area (TPSA) is 70.5 Å². The summed E-state index contributed by atoms with van der Waals surface area (Å²) in [5, 5.41) is 0. The van der Waals surface area contributed by atoms with Gasteiger partial charge in [-0.2, -0.15) is 0 Å². The Morgan fingerprint density at radius 2 is 1.57 bits per heavy atom. The maximum atomic E-state index is 5.34. The highest BCUT2D eigenvalue weighted by atomic mass is 15.1. The minimum Gasteiger partial charge on any atom is -0.332 e. The third-order valence-corrected chi connectivity index (χ3v) is 2.87. The number of nitrogens with one attached hydrogen (secondary N) is 2. The van der Waals surface area contributed by atoms with Gasteiger partial charge in [0.1, 0.15) is 13.1 Å². The van der Waals surface area contributed by atoms with Crippen molar-refractivity contribution in [2.24, 2.45) is 11.5 Å². The molecule has 0 spiro atoms. The highest BCUT2D eigenvalue weighted by molar-refractivity contribution is 5.69. The Bertz CT molecular complexity index is 167. The highest BCUT2D eigenvalue weighted by Gasteiger charge is 2.10. The van der Waals surface area contributed by atoms with Gasteiger partial charge < -0.3 is 4.90 Å². The summed E-state index contributed by atoms with van der Waals surface area (Å²) in [6.45, 7) is 4.66. The van der Waals surface area contributed by atoms with Crippen LogP contribution >= 0.6 is 0 Å². The summed E-state index contributed by atoms with van der Waals surface area (Å²) >= 11 is 0. The highest BCUT2D eigenvalue weighted by Crippen LogP contribution is 2.02. The van der Waals surface area contributed by atoms with E-state index in [2.05, 4.69) is 4.99 Å². The zero-order chi connectivity index (χ0) is 10.2. The zero-order valence-corrected chi connectivity index (χ0v) is 9.02. The molecule has 0 amide bonds. The fraction of sp³-hybridized carbons (Fsp3) is 0.900. The van der Waals surface area contributed by atoms with Crippen LogP contribution in [0.5, 0.6) is 0 Å². The molecule has 1 heterocycles. The maximum Gasteiger partial charge on any atom is 0.338 e. The Balaban J connectivity index is 2.17. The molecule has 0 aromatic rings. The Kier molecular flexibility index (Phi) is 5.37. The van der Waals surface area contributed by atoms with Gasteiger partial charge in [-0.25, -0.2) is 0 Å². The first kappa shape index (κ1) is 11.3. The van der Waals surface area contributed by atoms with Crippen LogP contribution in [0.4, 0.5) is 0 Å². The first-order chi connectivity index (χ1) is 6.79. The third-order valence-electron chi connectivity index (χ3n) is 2.87. The van der Waals surface area contributed by atoms with E-state index >= 15 is 0 Å². The van der Waals surface area contributed by atoms with E-state index in [9.17, 15) is 0 Å². The first-order valence-corrected chi connectivity index (χ1v) is 5.74. The van der Waals surface area contributed by atoms with Crippen LogP contribution in [0.15, 0.2) is 0 Å². The molecule has 1 aliphatic heterocycles. The van der Waals surface area contributed by atoms with Crippen molar-refractivity contribution in [1.29, 1.82) is 0 Å². The van der Waals surface area contributed by atoms with Crippen LogP contribution in [0, 0.1) is 0 Å². The van der Waals surface area contributed by atoms with Crippen molar-refractivity contribution >= 4 is 5.96 Å². The maximum absolute atomic E-state index is 5.34. The van der Waals surface area contributed by atoms with Crippen molar-refractivity contribution in [1.82, 2.24) is 0 Å². The van der Waals surface area contributed by atoms with Gasteiger partial charge in [0.15, 0.2) is 0 Å². The van der Waals surface area contributed by atoms with Crippen molar-refractivity contribution < 1.29 is 9.89 Å². The Morgan fingerprint density at radius 3 is 2.14 bits per heavy atom. The number of quaternary nitrogens is 1. The monoisotopic (exact) mass is 200 g/mol. The molecular formula is C10H24N4+2. The second-order valence-corrected chi connectivity index (χ2v) is 4.15. The molecule has 0 bridgehead atoms. The van der Waals surface area contributed by atoms with E-state index in [-0.39, 0.29) is 0 Å². The molecule has 4 heteroatoms. The van der Waals surface area contributed by atoms with Crippen molar-refractivity contribution in [3.8, 4) is 0 Å². The lowest BCUT2D eigenvalue weighted by Crippen LogP contribution is -3.14. The standard InChI is InChI=1S/C10H22N4/c11-10(12)13-6-9-14-7-4-2-1-3-5-8-14/h1-9H2,(H4,11,12,13)/p+2. The quantitative estimate of drug-likeness (QED) is 0.293. The molecule has 4 nitrogen and oxygen atoms in total. The van der Waals surface area contributed by atoms with E-state index in [1.165, 1.54) is 45.2 Å². The summed E-state index contributed by atoms with van der Waals surface area (Å²) in [5.74, 6) is 0.344. The van der Waals surface area contributed by atoms with E-state index in [1.807, 2.05) is 0 Å². The fourth-order valence-corrected chi connectivity index (χ4v) is 2.04. The normalized spacial score (nSPS) is 19.7. The number of hydrogen-bond donors (Lipinski definition) is 4. The molecule has 0 saturated carbocycles. The Morgan fingerprint density at radius 1 is 1.00 bits per heavy atom. The average Bonchev–Trinajstić information content (AvgIpc) is 2.07. The molecule has 1 fully saturated rings. The molecule has 82 valence electrons. The first-order valence-electron chi connectivity index (χ1n) is 5.74. The number of guanidine groups is 1. The lowest BCUT2D eigenvalue weighted by molar-refractivity contribution is -0.907. The minimum atomic E-state index is 0.344. The lowest BCUT2D eigenvalue weighted by Gasteiger charge is -2.20.